The van der Waals surface area contributed by atoms with E-state index in [9.17, 15) is 4.39 Å². The van der Waals surface area contributed by atoms with E-state index in [1.165, 1.54) is 0 Å². The van der Waals surface area contributed by atoms with Crippen LogP contribution in [0.1, 0.15) is 5.56 Å². The molecule has 0 N–H and O–H groups in total. The third-order valence-corrected chi connectivity index (χ3v) is 2.36. The number of fused-ring (bicyclic) bond motifs is 1. The summed E-state index contributed by atoms with van der Waals surface area (Å²) in [7, 11) is 0. The minimum atomic E-state index is -0.278. The van der Waals surface area contributed by atoms with Crippen LogP contribution in [0.3, 0.4) is 0 Å². The summed E-state index contributed by atoms with van der Waals surface area (Å²) >= 11 is 3.09. The quantitative estimate of drug-likeness (QED) is 0.648. The van der Waals surface area contributed by atoms with E-state index in [-0.39, 0.29) is 5.82 Å². The normalized spacial score (nSPS) is 14.4. The Hall–Kier alpha value is -0.570. The molecule has 0 fully saturated rings. The second-order valence-electron chi connectivity index (χ2n) is 2.45. The van der Waals surface area contributed by atoms with Crippen molar-refractivity contribution in [3.05, 3.63) is 28.0 Å². The van der Waals surface area contributed by atoms with Gasteiger partial charge in [0.2, 0.25) is 0 Å². The first kappa shape index (κ1) is 7.10. The van der Waals surface area contributed by atoms with Gasteiger partial charge in [-0.1, -0.05) is 6.07 Å². The molecular formula is C8H6BrFO. The van der Waals surface area contributed by atoms with Gasteiger partial charge < -0.3 is 4.74 Å². The van der Waals surface area contributed by atoms with Crippen LogP contribution in [0, 0.1) is 5.82 Å². The average molecular weight is 217 g/mol. The Morgan fingerprint density at radius 1 is 1.45 bits per heavy atom. The lowest BCUT2D eigenvalue weighted by Crippen LogP contribution is -1.88. The highest BCUT2D eigenvalue weighted by molar-refractivity contribution is 9.10. The zero-order valence-corrected chi connectivity index (χ0v) is 7.32. The van der Waals surface area contributed by atoms with Gasteiger partial charge in [-0.05, 0) is 22.0 Å². The third-order valence-electron chi connectivity index (χ3n) is 1.75. The average Bonchev–Trinajstić information content (AvgIpc) is 2.45. The van der Waals surface area contributed by atoms with Crippen LogP contribution >= 0.6 is 15.9 Å². The van der Waals surface area contributed by atoms with E-state index in [1.807, 2.05) is 6.07 Å². The number of halogens is 2. The smallest absolute Gasteiger partial charge is 0.179 e. The highest BCUT2D eigenvalue weighted by atomic mass is 79.9. The van der Waals surface area contributed by atoms with E-state index in [1.54, 1.807) is 6.07 Å². The predicted octanol–water partition coefficient (Wildman–Crippen LogP) is 2.52. The summed E-state index contributed by atoms with van der Waals surface area (Å²) in [6.07, 6.45) is 0.819. The summed E-state index contributed by atoms with van der Waals surface area (Å²) in [4.78, 5) is 0. The minimum absolute atomic E-state index is 0.278. The van der Waals surface area contributed by atoms with Crippen molar-refractivity contribution in [2.24, 2.45) is 0 Å². The molecule has 0 unspecified atom stereocenters. The molecule has 0 aliphatic carbocycles. The number of hydrogen-bond donors (Lipinski definition) is 0. The fourth-order valence-corrected chi connectivity index (χ4v) is 1.50. The monoisotopic (exact) mass is 216 g/mol. The maximum atomic E-state index is 13.1. The van der Waals surface area contributed by atoms with Gasteiger partial charge in [-0.15, -0.1) is 0 Å². The first-order valence-electron chi connectivity index (χ1n) is 3.39. The summed E-state index contributed by atoms with van der Waals surface area (Å²) in [6.45, 7) is 0.600. The maximum Gasteiger partial charge on any atom is 0.179 e. The number of rotatable bonds is 0. The third kappa shape index (κ3) is 1.03. The van der Waals surface area contributed by atoms with Crippen molar-refractivity contribution in [1.29, 1.82) is 0 Å². The highest BCUT2D eigenvalue weighted by Gasteiger charge is 2.18. The van der Waals surface area contributed by atoms with Gasteiger partial charge in [0.15, 0.2) is 11.6 Å². The molecule has 3 heteroatoms. The predicted molar refractivity (Wildman–Crippen MR) is 43.3 cm³/mol. The first-order valence-corrected chi connectivity index (χ1v) is 4.18. The van der Waals surface area contributed by atoms with Gasteiger partial charge >= 0.3 is 0 Å². The molecule has 1 aliphatic rings. The molecule has 0 saturated carbocycles. The Balaban J connectivity index is 2.62. The van der Waals surface area contributed by atoms with Crippen LogP contribution in [-0.4, -0.2) is 6.61 Å². The first-order chi connectivity index (χ1) is 5.29. The fourth-order valence-electron chi connectivity index (χ4n) is 1.19. The van der Waals surface area contributed by atoms with Gasteiger partial charge in [-0.25, -0.2) is 4.39 Å². The van der Waals surface area contributed by atoms with E-state index in [2.05, 4.69) is 15.9 Å². The Morgan fingerprint density at radius 3 is 3.09 bits per heavy atom. The van der Waals surface area contributed by atoms with Crippen LogP contribution in [0.4, 0.5) is 4.39 Å². The van der Waals surface area contributed by atoms with E-state index in [4.69, 9.17) is 4.74 Å². The molecule has 1 heterocycles. The van der Waals surface area contributed by atoms with Crippen molar-refractivity contribution in [3.63, 3.8) is 0 Å². The Morgan fingerprint density at radius 2 is 2.27 bits per heavy atom. The van der Waals surface area contributed by atoms with Gasteiger partial charge in [0.1, 0.15) is 0 Å². The van der Waals surface area contributed by atoms with E-state index in [0.29, 0.717) is 16.8 Å². The largest absolute Gasteiger partial charge is 0.490 e. The molecule has 1 aromatic carbocycles. The standard InChI is InChI=1S/C8H6BrFO/c9-6-2-1-5-3-4-11-8(5)7(6)10/h1-2H,3-4H2. The molecule has 0 radical (unpaired) electrons. The van der Waals surface area contributed by atoms with Gasteiger partial charge in [0.25, 0.3) is 0 Å². The highest BCUT2D eigenvalue weighted by Crippen LogP contribution is 2.32. The fraction of sp³-hybridized carbons (Fsp3) is 0.250. The van der Waals surface area contributed by atoms with E-state index in [0.717, 1.165) is 12.0 Å². The van der Waals surface area contributed by atoms with Crippen LogP contribution in [0.25, 0.3) is 0 Å². The summed E-state index contributed by atoms with van der Waals surface area (Å²) in [5, 5.41) is 0. The number of benzene rings is 1. The lowest BCUT2D eigenvalue weighted by atomic mass is 10.2. The van der Waals surface area contributed by atoms with Crippen molar-refractivity contribution in [1.82, 2.24) is 0 Å². The molecule has 0 amide bonds. The summed E-state index contributed by atoms with van der Waals surface area (Å²) in [6, 6.07) is 3.60. The second kappa shape index (κ2) is 2.48. The summed E-state index contributed by atoms with van der Waals surface area (Å²) < 4.78 is 18.7. The van der Waals surface area contributed by atoms with Crippen LogP contribution in [0.2, 0.25) is 0 Å². The Kier molecular flexibility index (Phi) is 1.60. The lowest BCUT2D eigenvalue weighted by Gasteiger charge is -2.00. The summed E-state index contributed by atoms with van der Waals surface area (Å²) in [5.74, 6) is 0.138. The molecule has 0 spiro atoms. The van der Waals surface area contributed by atoms with Gasteiger partial charge in [-0.3, -0.25) is 0 Å². The zero-order valence-electron chi connectivity index (χ0n) is 5.73. The molecular weight excluding hydrogens is 211 g/mol. The summed E-state index contributed by atoms with van der Waals surface area (Å²) in [5.41, 5.74) is 0.964. The molecule has 0 aromatic heterocycles. The molecule has 2 rings (SSSR count). The van der Waals surface area contributed by atoms with Crippen molar-refractivity contribution >= 4 is 15.9 Å². The molecule has 0 atom stereocenters. The van der Waals surface area contributed by atoms with Crippen LogP contribution < -0.4 is 4.74 Å². The van der Waals surface area contributed by atoms with E-state index < -0.39 is 0 Å². The van der Waals surface area contributed by atoms with Gasteiger partial charge in [0, 0.05) is 12.0 Å². The molecule has 0 saturated heterocycles. The van der Waals surface area contributed by atoms with Crippen molar-refractivity contribution < 1.29 is 9.13 Å². The number of hydrogen-bond acceptors (Lipinski definition) is 1. The zero-order chi connectivity index (χ0) is 7.84. The van der Waals surface area contributed by atoms with E-state index >= 15 is 0 Å². The molecule has 0 bridgehead atoms. The van der Waals surface area contributed by atoms with Gasteiger partial charge in [0.05, 0.1) is 11.1 Å². The van der Waals surface area contributed by atoms with Gasteiger partial charge in [-0.2, -0.15) is 0 Å². The van der Waals surface area contributed by atoms with Crippen molar-refractivity contribution in [2.75, 3.05) is 6.61 Å². The SMILES string of the molecule is Fc1c(Br)ccc2c1OCC2. The van der Waals surface area contributed by atoms with Crippen molar-refractivity contribution in [2.45, 2.75) is 6.42 Å². The lowest BCUT2D eigenvalue weighted by molar-refractivity contribution is 0.338. The van der Waals surface area contributed by atoms with Crippen LogP contribution in [0.15, 0.2) is 16.6 Å². The Labute approximate surface area is 72.3 Å². The van der Waals surface area contributed by atoms with Crippen LogP contribution in [0.5, 0.6) is 5.75 Å². The number of ether oxygens (including phenoxy) is 1. The second-order valence-corrected chi connectivity index (χ2v) is 3.30. The molecule has 1 nitrogen and oxygen atoms in total. The Bertz CT molecular complexity index is 298. The molecule has 1 aliphatic heterocycles. The van der Waals surface area contributed by atoms with Crippen molar-refractivity contribution in [3.8, 4) is 5.75 Å². The molecule has 1 aromatic rings. The van der Waals surface area contributed by atoms with Crippen LogP contribution in [-0.2, 0) is 6.42 Å². The maximum absolute atomic E-state index is 13.1. The minimum Gasteiger partial charge on any atom is -0.490 e. The topological polar surface area (TPSA) is 9.23 Å². The molecule has 58 valence electrons. The molecule has 11 heavy (non-hydrogen) atoms.